The Morgan fingerprint density at radius 1 is 1.30 bits per heavy atom. The SMILES string of the molecule is CCc1nc(C)ncc1C(=O)N1CCN(C)c2cc(F)ccc21. The van der Waals surface area contributed by atoms with Crippen LogP contribution in [0.25, 0.3) is 0 Å². The van der Waals surface area contributed by atoms with E-state index in [0.717, 1.165) is 11.4 Å². The highest BCUT2D eigenvalue weighted by Gasteiger charge is 2.28. The number of carbonyl (C=O) groups excluding carboxylic acids is 1. The van der Waals surface area contributed by atoms with E-state index in [1.54, 1.807) is 24.1 Å². The van der Waals surface area contributed by atoms with E-state index in [-0.39, 0.29) is 11.7 Å². The van der Waals surface area contributed by atoms with Crippen LogP contribution in [0.2, 0.25) is 0 Å². The predicted molar refractivity (Wildman–Crippen MR) is 87.5 cm³/mol. The van der Waals surface area contributed by atoms with E-state index in [0.29, 0.717) is 36.6 Å². The lowest BCUT2D eigenvalue weighted by molar-refractivity contribution is 0.0985. The van der Waals surface area contributed by atoms with E-state index in [4.69, 9.17) is 0 Å². The van der Waals surface area contributed by atoms with Gasteiger partial charge in [0.25, 0.3) is 5.91 Å². The van der Waals surface area contributed by atoms with Gasteiger partial charge in [0.05, 0.1) is 22.6 Å². The van der Waals surface area contributed by atoms with Crippen molar-refractivity contribution >= 4 is 17.3 Å². The molecule has 3 rings (SSSR count). The number of carbonyl (C=O) groups is 1. The molecule has 0 saturated heterocycles. The predicted octanol–water partition coefficient (Wildman–Crippen LogP) is 2.58. The van der Waals surface area contributed by atoms with E-state index in [2.05, 4.69) is 9.97 Å². The summed E-state index contributed by atoms with van der Waals surface area (Å²) < 4.78 is 13.5. The highest BCUT2D eigenvalue weighted by molar-refractivity contribution is 6.08. The zero-order chi connectivity index (χ0) is 16.6. The van der Waals surface area contributed by atoms with E-state index >= 15 is 0 Å². The second-order valence-electron chi connectivity index (χ2n) is 5.64. The Morgan fingerprint density at radius 3 is 2.83 bits per heavy atom. The van der Waals surface area contributed by atoms with Crippen molar-refractivity contribution in [2.75, 3.05) is 29.9 Å². The lowest BCUT2D eigenvalue weighted by Crippen LogP contribution is -2.43. The lowest BCUT2D eigenvalue weighted by Gasteiger charge is -2.35. The molecule has 0 atom stereocenters. The number of nitrogens with zero attached hydrogens (tertiary/aromatic N) is 4. The van der Waals surface area contributed by atoms with Crippen molar-refractivity contribution in [3.05, 3.63) is 47.3 Å². The van der Waals surface area contributed by atoms with Crippen LogP contribution in [0.3, 0.4) is 0 Å². The van der Waals surface area contributed by atoms with E-state index < -0.39 is 0 Å². The number of hydrogen-bond acceptors (Lipinski definition) is 4. The monoisotopic (exact) mass is 314 g/mol. The van der Waals surface area contributed by atoms with Crippen molar-refractivity contribution in [3.63, 3.8) is 0 Å². The average molecular weight is 314 g/mol. The number of anilines is 2. The van der Waals surface area contributed by atoms with Crippen LogP contribution < -0.4 is 9.80 Å². The molecule has 1 aliphatic heterocycles. The normalized spacial score (nSPS) is 13.9. The maximum Gasteiger partial charge on any atom is 0.261 e. The van der Waals surface area contributed by atoms with Crippen LogP contribution in [-0.2, 0) is 6.42 Å². The Kier molecular flexibility index (Phi) is 3.98. The van der Waals surface area contributed by atoms with Crippen LogP contribution in [0, 0.1) is 12.7 Å². The molecule has 1 aliphatic rings. The first kappa shape index (κ1) is 15.4. The topological polar surface area (TPSA) is 49.3 Å². The fourth-order valence-corrected chi connectivity index (χ4v) is 2.84. The molecule has 1 aromatic carbocycles. The number of halogens is 1. The Morgan fingerprint density at radius 2 is 2.09 bits per heavy atom. The van der Waals surface area contributed by atoms with Crippen LogP contribution in [0.1, 0.15) is 28.8 Å². The molecule has 5 nitrogen and oxygen atoms in total. The molecule has 2 heterocycles. The van der Waals surface area contributed by atoms with Gasteiger partial charge in [-0.25, -0.2) is 14.4 Å². The minimum atomic E-state index is -0.308. The maximum atomic E-state index is 13.5. The first-order valence-electron chi connectivity index (χ1n) is 7.66. The van der Waals surface area contributed by atoms with Gasteiger partial charge in [-0.05, 0) is 31.5 Å². The van der Waals surface area contributed by atoms with Crippen LogP contribution in [0.15, 0.2) is 24.4 Å². The number of benzene rings is 1. The first-order chi connectivity index (χ1) is 11.0. The lowest BCUT2D eigenvalue weighted by atomic mass is 10.1. The molecule has 1 amide bonds. The van der Waals surface area contributed by atoms with Gasteiger partial charge < -0.3 is 9.80 Å². The molecule has 2 aromatic rings. The van der Waals surface area contributed by atoms with Gasteiger partial charge in [0, 0.05) is 26.3 Å². The van der Waals surface area contributed by atoms with Gasteiger partial charge in [0.2, 0.25) is 0 Å². The van der Waals surface area contributed by atoms with Crippen molar-refractivity contribution in [2.24, 2.45) is 0 Å². The Hall–Kier alpha value is -2.50. The Bertz CT molecular complexity index is 762. The van der Waals surface area contributed by atoms with E-state index in [1.807, 2.05) is 18.9 Å². The van der Waals surface area contributed by atoms with Gasteiger partial charge in [-0.2, -0.15) is 0 Å². The molecular weight excluding hydrogens is 295 g/mol. The van der Waals surface area contributed by atoms with Crippen LogP contribution >= 0.6 is 0 Å². The summed E-state index contributed by atoms with van der Waals surface area (Å²) in [6, 6.07) is 4.49. The largest absolute Gasteiger partial charge is 0.371 e. The molecule has 0 fully saturated rings. The fraction of sp³-hybridized carbons (Fsp3) is 0.353. The molecular formula is C17H19FN4O. The van der Waals surface area contributed by atoms with Crippen molar-refractivity contribution in [1.82, 2.24) is 9.97 Å². The second kappa shape index (κ2) is 5.95. The highest BCUT2D eigenvalue weighted by atomic mass is 19.1. The summed E-state index contributed by atoms with van der Waals surface area (Å²) in [5.41, 5.74) is 2.69. The summed E-state index contributed by atoms with van der Waals surface area (Å²) in [5.74, 6) is 0.208. The quantitative estimate of drug-likeness (QED) is 0.855. The standard InChI is InChI=1S/C17H19FN4O/c1-4-14-13(10-19-11(2)20-14)17(23)22-8-7-21(3)16-9-12(18)5-6-15(16)22/h5-6,9-10H,4,7-8H2,1-3H3. The zero-order valence-corrected chi connectivity index (χ0v) is 13.5. The smallest absolute Gasteiger partial charge is 0.261 e. The number of hydrogen-bond donors (Lipinski definition) is 0. The van der Waals surface area contributed by atoms with Gasteiger partial charge in [-0.1, -0.05) is 6.92 Å². The summed E-state index contributed by atoms with van der Waals surface area (Å²) in [6.45, 7) is 4.97. The first-order valence-corrected chi connectivity index (χ1v) is 7.66. The zero-order valence-electron chi connectivity index (χ0n) is 13.5. The molecule has 0 bridgehead atoms. The second-order valence-corrected chi connectivity index (χ2v) is 5.64. The molecule has 0 unspecified atom stereocenters. The van der Waals surface area contributed by atoms with Crippen LogP contribution in [0.4, 0.5) is 15.8 Å². The van der Waals surface area contributed by atoms with E-state index in [9.17, 15) is 9.18 Å². The third-order valence-corrected chi connectivity index (χ3v) is 4.10. The van der Waals surface area contributed by atoms with Crippen molar-refractivity contribution in [2.45, 2.75) is 20.3 Å². The Balaban J connectivity index is 2.03. The summed E-state index contributed by atoms with van der Waals surface area (Å²) in [5, 5.41) is 0. The number of amides is 1. The number of aromatic nitrogens is 2. The highest BCUT2D eigenvalue weighted by Crippen LogP contribution is 2.33. The summed E-state index contributed by atoms with van der Waals surface area (Å²) in [7, 11) is 1.90. The molecule has 1 aromatic heterocycles. The van der Waals surface area contributed by atoms with Gasteiger partial charge in [0.1, 0.15) is 11.6 Å². The molecule has 0 saturated carbocycles. The molecule has 6 heteroatoms. The fourth-order valence-electron chi connectivity index (χ4n) is 2.84. The number of likely N-dealkylation sites (N-methyl/N-ethyl adjacent to an activating group) is 1. The van der Waals surface area contributed by atoms with Gasteiger partial charge >= 0.3 is 0 Å². The van der Waals surface area contributed by atoms with Crippen LogP contribution in [0.5, 0.6) is 0 Å². The summed E-state index contributed by atoms with van der Waals surface area (Å²) in [6.07, 6.45) is 2.25. The molecule has 120 valence electrons. The van der Waals surface area contributed by atoms with Crippen molar-refractivity contribution in [1.29, 1.82) is 0 Å². The van der Waals surface area contributed by atoms with Gasteiger partial charge in [-0.3, -0.25) is 4.79 Å². The molecule has 23 heavy (non-hydrogen) atoms. The summed E-state index contributed by atoms with van der Waals surface area (Å²) >= 11 is 0. The third-order valence-electron chi connectivity index (χ3n) is 4.10. The summed E-state index contributed by atoms with van der Waals surface area (Å²) in [4.78, 5) is 25.1. The number of aryl methyl sites for hydroxylation is 2. The number of rotatable bonds is 2. The van der Waals surface area contributed by atoms with Crippen molar-refractivity contribution < 1.29 is 9.18 Å². The maximum absolute atomic E-state index is 13.5. The van der Waals surface area contributed by atoms with Crippen LogP contribution in [-0.4, -0.2) is 36.0 Å². The Labute approximate surface area is 134 Å². The van der Waals surface area contributed by atoms with Crippen molar-refractivity contribution in [3.8, 4) is 0 Å². The minimum Gasteiger partial charge on any atom is -0.371 e. The van der Waals surface area contributed by atoms with E-state index in [1.165, 1.54) is 12.1 Å². The van der Waals surface area contributed by atoms with Gasteiger partial charge in [0.15, 0.2) is 0 Å². The molecule has 0 spiro atoms. The molecule has 0 radical (unpaired) electrons. The molecule has 0 N–H and O–H groups in total. The average Bonchev–Trinajstić information content (AvgIpc) is 2.55. The van der Waals surface area contributed by atoms with Gasteiger partial charge in [-0.15, -0.1) is 0 Å². The third kappa shape index (κ3) is 2.76. The minimum absolute atomic E-state index is 0.136. The number of fused-ring (bicyclic) bond motifs is 1. The molecule has 0 aliphatic carbocycles.